The summed E-state index contributed by atoms with van der Waals surface area (Å²) in [5, 5.41) is 4.07. The molecule has 0 aliphatic heterocycles. The first-order valence-corrected chi connectivity index (χ1v) is 6.78. The highest BCUT2D eigenvalue weighted by molar-refractivity contribution is 5.86. The van der Waals surface area contributed by atoms with E-state index in [1.165, 1.54) is 0 Å². The van der Waals surface area contributed by atoms with Gasteiger partial charge in [0.05, 0.1) is 0 Å². The number of rotatable bonds is 6. The summed E-state index contributed by atoms with van der Waals surface area (Å²) in [5.74, 6) is 0.393. The Bertz CT molecular complexity index is 595. The number of carbonyl (C=O) groups is 1. The van der Waals surface area contributed by atoms with E-state index in [9.17, 15) is 4.79 Å². The molecule has 0 spiro atoms. The van der Waals surface area contributed by atoms with Gasteiger partial charge in [-0.2, -0.15) is 5.10 Å². The molecule has 0 atom stereocenters. The van der Waals surface area contributed by atoms with Crippen molar-refractivity contribution in [3.8, 4) is 5.75 Å². The summed E-state index contributed by atoms with van der Waals surface area (Å²) in [4.78, 5) is 11.6. The summed E-state index contributed by atoms with van der Waals surface area (Å²) >= 11 is 0. The lowest BCUT2D eigenvalue weighted by atomic mass is 10.1. The molecule has 1 N–H and O–H groups in total. The second-order valence-corrected chi connectivity index (χ2v) is 4.65. The number of nitrogens with one attached hydrogen (secondary N) is 1. The molecule has 0 radical (unpaired) electrons. The Morgan fingerprint density at radius 1 is 1.05 bits per heavy atom. The minimum atomic E-state index is -0.272. The molecule has 108 valence electrons. The van der Waals surface area contributed by atoms with E-state index >= 15 is 0 Å². The van der Waals surface area contributed by atoms with Gasteiger partial charge in [-0.3, -0.25) is 4.79 Å². The van der Waals surface area contributed by atoms with Crippen LogP contribution in [0, 0.1) is 0 Å². The molecular formula is C17H18N2O2. The van der Waals surface area contributed by atoms with Crippen molar-refractivity contribution in [2.45, 2.75) is 13.3 Å². The fourth-order valence-electron chi connectivity index (χ4n) is 1.79. The third-order valence-electron chi connectivity index (χ3n) is 2.79. The van der Waals surface area contributed by atoms with Crippen LogP contribution in [0.2, 0.25) is 0 Å². The van der Waals surface area contributed by atoms with Gasteiger partial charge in [0.15, 0.2) is 6.61 Å². The Hall–Kier alpha value is -2.62. The van der Waals surface area contributed by atoms with Crippen molar-refractivity contribution in [3.63, 3.8) is 0 Å². The van der Waals surface area contributed by atoms with Crippen LogP contribution in [0.1, 0.15) is 12.5 Å². The molecule has 0 unspecified atom stereocenters. The first-order valence-electron chi connectivity index (χ1n) is 6.78. The average Bonchev–Trinajstić information content (AvgIpc) is 2.53. The molecule has 0 aliphatic carbocycles. The maximum Gasteiger partial charge on any atom is 0.277 e. The molecule has 2 aromatic carbocycles. The lowest BCUT2D eigenvalue weighted by molar-refractivity contribution is -0.123. The molecule has 1 amide bonds. The third-order valence-corrected chi connectivity index (χ3v) is 2.79. The first kappa shape index (κ1) is 14.8. The molecule has 2 rings (SSSR count). The van der Waals surface area contributed by atoms with Crippen molar-refractivity contribution in [2.75, 3.05) is 6.61 Å². The second-order valence-electron chi connectivity index (χ2n) is 4.65. The van der Waals surface area contributed by atoms with E-state index in [1.807, 2.05) is 55.5 Å². The topological polar surface area (TPSA) is 50.7 Å². The Morgan fingerprint density at radius 3 is 2.33 bits per heavy atom. The van der Waals surface area contributed by atoms with Crippen LogP contribution in [0.15, 0.2) is 65.8 Å². The number of hydrogen-bond acceptors (Lipinski definition) is 3. The van der Waals surface area contributed by atoms with Crippen LogP contribution in [-0.2, 0) is 11.2 Å². The van der Waals surface area contributed by atoms with Crippen molar-refractivity contribution in [1.82, 2.24) is 5.43 Å². The van der Waals surface area contributed by atoms with Crippen molar-refractivity contribution < 1.29 is 9.53 Å². The molecule has 0 saturated heterocycles. The number of benzene rings is 2. The molecular weight excluding hydrogens is 264 g/mol. The minimum absolute atomic E-state index is 0.0495. The molecule has 0 aliphatic rings. The molecule has 0 saturated carbocycles. The molecule has 0 aromatic heterocycles. The monoisotopic (exact) mass is 282 g/mol. The molecule has 4 heteroatoms. The van der Waals surface area contributed by atoms with Crippen molar-refractivity contribution in [2.24, 2.45) is 5.10 Å². The zero-order chi connectivity index (χ0) is 14.9. The van der Waals surface area contributed by atoms with Crippen molar-refractivity contribution in [1.29, 1.82) is 0 Å². The predicted octanol–water partition coefficient (Wildman–Crippen LogP) is 2.80. The van der Waals surface area contributed by atoms with Gasteiger partial charge in [-0.05, 0) is 24.6 Å². The maximum atomic E-state index is 11.6. The molecule has 21 heavy (non-hydrogen) atoms. The largest absolute Gasteiger partial charge is 0.484 e. The van der Waals surface area contributed by atoms with E-state index in [-0.39, 0.29) is 12.5 Å². The minimum Gasteiger partial charge on any atom is -0.484 e. The number of para-hydroxylation sites is 1. The van der Waals surface area contributed by atoms with E-state index < -0.39 is 0 Å². The van der Waals surface area contributed by atoms with Gasteiger partial charge in [-0.25, -0.2) is 5.43 Å². The number of carbonyl (C=O) groups excluding carboxylic acids is 1. The Balaban J connectivity index is 1.76. The Kier molecular flexibility index (Phi) is 5.52. The van der Waals surface area contributed by atoms with Crippen LogP contribution in [0.3, 0.4) is 0 Å². The third kappa shape index (κ3) is 5.48. The van der Waals surface area contributed by atoms with Gasteiger partial charge in [0.25, 0.3) is 5.91 Å². The summed E-state index contributed by atoms with van der Waals surface area (Å²) in [6, 6.07) is 19.2. The molecule has 4 nitrogen and oxygen atoms in total. The highest BCUT2D eigenvalue weighted by atomic mass is 16.5. The van der Waals surface area contributed by atoms with Crippen LogP contribution in [0.25, 0.3) is 0 Å². The summed E-state index contributed by atoms with van der Waals surface area (Å²) < 4.78 is 5.34. The van der Waals surface area contributed by atoms with Gasteiger partial charge in [0.2, 0.25) is 0 Å². The lowest BCUT2D eigenvalue weighted by Crippen LogP contribution is -2.25. The fourth-order valence-corrected chi connectivity index (χ4v) is 1.79. The van der Waals surface area contributed by atoms with Gasteiger partial charge in [0, 0.05) is 12.1 Å². The number of hydrogen-bond donors (Lipinski definition) is 1. The molecule has 0 heterocycles. The highest BCUT2D eigenvalue weighted by Gasteiger charge is 2.02. The smallest absolute Gasteiger partial charge is 0.277 e. The predicted molar refractivity (Wildman–Crippen MR) is 83.3 cm³/mol. The van der Waals surface area contributed by atoms with Crippen LogP contribution in [0.4, 0.5) is 0 Å². The van der Waals surface area contributed by atoms with Crippen LogP contribution < -0.4 is 10.2 Å². The van der Waals surface area contributed by atoms with Gasteiger partial charge >= 0.3 is 0 Å². The van der Waals surface area contributed by atoms with E-state index in [1.54, 1.807) is 12.1 Å². The van der Waals surface area contributed by atoms with Crippen LogP contribution in [0.5, 0.6) is 5.75 Å². The highest BCUT2D eigenvalue weighted by Crippen LogP contribution is 2.07. The lowest BCUT2D eigenvalue weighted by Gasteiger charge is -2.05. The van der Waals surface area contributed by atoms with E-state index in [4.69, 9.17) is 4.74 Å². The number of ether oxygens (including phenoxy) is 1. The van der Waals surface area contributed by atoms with Gasteiger partial charge in [-0.1, -0.05) is 48.5 Å². The van der Waals surface area contributed by atoms with Gasteiger partial charge in [-0.15, -0.1) is 0 Å². The number of nitrogens with zero attached hydrogens (tertiary/aromatic N) is 1. The molecule has 0 bridgehead atoms. The molecule has 0 fully saturated rings. The summed E-state index contributed by atoms with van der Waals surface area (Å²) in [7, 11) is 0. The van der Waals surface area contributed by atoms with E-state index in [2.05, 4.69) is 10.5 Å². The Labute approximate surface area is 124 Å². The van der Waals surface area contributed by atoms with E-state index in [0.29, 0.717) is 12.2 Å². The average molecular weight is 282 g/mol. The Morgan fingerprint density at radius 2 is 1.67 bits per heavy atom. The second kappa shape index (κ2) is 7.85. The molecule has 2 aromatic rings. The van der Waals surface area contributed by atoms with Gasteiger partial charge < -0.3 is 4.74 Å². The SMILES string of the molecule is CC(Cc1ccccc1)=NNC(=O)COc1ccccc1. The standard InChI is InChI=1S/C17H18N2O2/c1-14(12-15-8-4-2-5-9-15)18-19-17(20)13-21-16-10-6-3-7-11-16/h2-11H,12-13H2,1H3,(H,19,20). The number of hydrazone groups is 1. The van der Waals surface area contributed by atoms with Crippen molar-refractivity contribution in [3.05, 3.63) is 66.2 Å². The maximum absolute atomic E-state index is 11.6. The summed E-state index contributed by atoms with van der Waals surface area (Å²) in [6.07, 6.45) is 0.709. The van der Waals surface area contributed by atoms with Crippen LogP contribution >= 0.6 is 0 Å². The van der Waals surface area contributed by atoms with E-state index in [0.717, 1.165) is 11.3 Å². The number of amides is 1. The zero-order valence-corrected chi connectivity index (χ0v) is 12.0. The van der Waals surface area contributed by atoms with Gasteiger partial charge in [0.1, 0.15) is 5.75 Å². The quantitative estimate of drug-likeness (QED) is 0.654. The summed E-state index contributed by atoms with van der Waals surface area (Å²) in [5.41, 5.74) is 4.50. The van der Waals surface area contributed by atoms with Crippen molar-refractivity contribution >= 4 is 11.6 Å². The summed E-state index contributed by atoms with van der Waals surface area (Å²) in [6.45, 7) is 1.83. The first-order chi connectivity index (χ1) is 10.2. The normalized spacial score (nSPS) is 11.0. The fraction of sp³-hybridized carbons (Fsp3) is 0.176. The van der Waals surface area contributed by atoms with Crippen LogP contribution in [-0.4, -0.2) is 18.2 Å². The zero-order valence-electron chi connectivity index (χ0n) is 12.0.